The highest BCUT2D eigenvalue weighted by atomic mass is 16.6. The minimum Gasteiger partial charge on any atom is -0.466 e. The quantitative estimate of drug-likeness (QED) is 0.382. The molecule has 1 aliphatic heterocycles. The standard InChI is InChI=1S/C24H24N2O6/c1-15-20(23(27)31-3)22(18-12-8-9-13-19(18)26(29)30)21(24(28)32-4)16(2)25(15)14-17-10-6-5-7-11-17/h5-13,22H,14H2,1-4H3. The molecule has 32 heavy (non-hydrogen) atoms. The highest BCUT2D eigenvalue weighted by Gasteiger charge is 2.42. The zero-order valence-electron chi connectivity index (χ0n) is 18.3. The lowest BCUT2D eigenvalue weighted by Crippen LogP contribution is -2.35. The predicted octanol–water partition coefficient (Wildman–Crippen LogP) is 4.09. The van der Waals surface area contributed by atoms with Gasteiger partial charge in [0.05, 0.1) is 36.2 Å². The Morgan fingerprint density at radius 2 is 1.41 bits per heavy atom. The summed E-state index contributed by atoms with van der Waals surface area (Å²) in [4.78, 5) is 39.0. The third kappa shape index (κ3) is 4.12. The third-order valence-electron chi connectivity index (χ3n) is 5.61. The second-order valence-electron chi connectivity index (χ2n) is 7.30. The number of para-hydroxylation sites is 1. The number of nitrogens with zero attached hydrogens (tertiary/aromatic N) is 2. The number of nitro benzene ring substituents is 1. The van der Waals surface area contributed by atoms with E-state index in [-0.39, 0.29) is 22.4 Å². The van der Waals surface area contributed by atoms with Gasteiger partial charge in [0, 0.05) is 29.6 Å². The van der Waals surface area contributed by atoms with Crippen LogP contribution in [-0.4, -0.2) is 36.0 Å². The van der Waals surface area contributed by atoms with Gasteiger partial charge < -0.3 is 14.4 Å². The molecule has 0 amide bonds. The van der Waals surface area contributed by atoms with Crippen LogP contribution < -0.4 is 0 Å². The van der Waals surface area contributed by atoms with Crippen LogP contribution in [0.25, 0.3) is 0 Å². The van der Waals surface area contributed by atoms with Crippen LogP contribution in [0.4, 0.5) is 5.69 Å². The second-order valence-corrected chi connectivity index (χ2v) is 7.30. The number of methoxy groups -OCH3 is 2. The van der Waals surface area contributed by atoms with Crippen molar-refractivity contribution in [2.45, 2.75) is 26.3 Å². The van der Waals surface area contributed by atoms with Crippen molar-refractivity contribution in [3.63, 3.8) is 0 Å². The molecule has 2 aromatic carbocycles. The number of hydrogen-bond donors (Lipinski definition) is 0. The summed E-state index contributed by atoms with van der Waals surface area (Å²) in [6, 6.07) is 15.6. The van der Waals surface area contributed by atoms with Crippen LogP contribution in [0.15, 0.2) is 77.1 Å². The Morgan fingerprint density at radius 1 is 0.906 bits per heavy atom. The first-order valence-corrected chi connectivity index (χ1v) is 9.94. The number of ether oxygens (including phenoxy) is 2. The summed E-state index contributed by atoms with van der Waals surface area (Å²) in [5.41, 5.74) is 2.40. The Hall–Kier alpha value is -3.94. The molecule has 0 radical (unpaired) electrons. The minimum absolute atomic E-state index is 0.156. The van der Waals surface area contributed by atoms with Gasteiger partial charge in [-0.25, -0.2) is 9.59 Å². The normalized spacial score (nSPS) is 14.4. The highest BCUT2D eigenvalue weighted by molar-refractivity contribution is 6.00. The van der Waals surface area contributed by atoms with Crippen LogP contribution in [0, 0.1) is 10.1 Å². The monoisotopic (exact) mass is 436 g/mol. The molecule has 0 unspecified atom stereocenters. The molecule has 1 aliphatic rings. The van der Waals surface area contributed by atoms with Crippen molar-refractivity contribution in [2.24, 2.45) is 0 Å². The van der Waals surface area contributed by atoms with Gasteiger partial charge in [-0.2, -0.15) is 0 Å². The van der Waals surface area contributed by atoms with Crippen molar-refractivity contribution in [3.8, 4) is 0 Å². The van der Waals surface area contributed by atoms with E-state index in [1.165, 1.54) is 26.4 Å². The van der Waals surface area contributed by atoms with Gasteiger partial charge in [0.15, 0.2) is 0 Å². The average molecular weight is 436 g/mol. The van der Waals surface area contributed by atoms with Crippen LogP contribution in [0.1, 0.15) is 30.9 Å². The molecule has 0 saturated heterocycles. The molecule has 1 heterocycles. The molecule has 2 aromatic rings. The number of rotatable bonds is 6. The van der Waals surface area contributed by atoms with E-state index in [0.29, 0.717) is 17.9 Å². The summed E-state index contributed by atoms with van der Waals surface area (Å²) >= 11 is 0. The van der Waals surface area contributed by atoms with Crippen LogP contribution in [0.2, 0.25) is 0 Å². The molecule has 0 N–H and O–H groups in total. The molecule has 3 rings (SSSR count). The van der Waals surface area contributed by atoms with Crippen LogP contribution in [-0.2, 0) is 25.6 Å². The molecule has 0 spiro atoms. The molecule has 0 bridgehead atoms. The van der Waals surface area contributed by atoms with Gasteiger partial charge in [0.25, 0.3) is 5.69 Å². The van der Waals surface area contributed by atoms with Crippen molar-refractivity contribution in [2.75, 3.05) is 14.2 Å². The fourth-order valence-corrected chi connectivity index (χ4v) is 4.07. The van der Waals surface area contributed by atoms with Crippen molar-refractivity contribution >= 4 is 17.6 Å². The molecular weight excluding hydrogens is 412 g/mol. The van der Waals surface area contributed by atoms with E-state index in [0.717, 1.165) is 5.56 Å². The first-order valence-electron chi connectivity index (χ1n) is 9.94. The van der Waals surface area contributed by atoms with E-state index in [1.54, 1.807) is 26.0 Å². The Morgan fingerprint density at radius 3 is 1.91 bits per heavy atom. The lowest BCUT2D eigenvalue weighted by molar-refractivity contribution is -0.385. The molecule has 0 atom stereocenters. The number of allylic oxidation sites excluding steroid dienone is 2. The predicted molar refractivity (Wildman–Crippen MR) is 117 cm³/mol. The van der Waals surface area contributed by atoms with E-state index < -0.39 is 22.8 Å². The van der Waals surface area contributed by atoms with Gasteiger partial charge in [-0.05, 0) is 19.4 Å². The summed E-state index contributed by atoms with van der Waals surface area (Å²) < 4.78 is 10.1. The Kier molecular flexibility index (Phi) is 6.73. The number of carbonyl (C=O) groups is 2. The van der Waals surface area contributed by atoms with Gasteiger partial charge in [-0.3, -0.25) is 10.1 Å². The van der Waals surface area contributed by atoms with E-state index in [4.69, 9.17) is 9.47 Å². The average Bonchev–Trinajstić information content (AvgIpc) is 2.81. The SMILES string of the molecule is COC(=O)C1=C(C)N(Cc2ccccc2)C(C)=C(C(=O)OC)C1c1ccccc1[N+](=O)[O-]. The summed E-state index contributed by atoms with van der Waals surface area (Å²) in [5.74, 6) is -2.35. The van der Waals surface area contributed by atoms with Crippen molar-refractivity contribution in [1.82, 2.24) is 4.90 Å². The zero-order valence-corrected chi connectivity index (χ0v) is 18.3. The van der Waals surface area contributed by atoms with Crippen molar-refractivity contribution in [3.05, 3.63) is 98.4 Å². The molecule has 0 aliphatic carbocycles. The highest BCUT2D eigenvalue weighted by Crippen LogP contribution is 2.45. The number of nitro groups is 1. The van der Waals surface area contributed by atoms with E-state index >= 15 is 0 Å². The van der Waals surface area contributed by atoms with Crippen LogP contribution in [0.5, 0.6) is 0 Å². The minimum atomic E-state index is -1.01. The molecule has 0 fully saturated rings. The van der Waals surface area contributed by atoms with Gasteiger partial charge >= 0.3 is 11.9 Å². The maximum atomic E-state index is 13.0. The Labute approximate surface area is 185 Å². The summed E-state index contributed by atoms with van der Waals surface area (Å²) in [6.07, 6.45) is 0. The zero-order chi connectivity index (χ0) is 23.4. The lowest BCUT2D eigenvalue weighted by Gasteiger charge is -2.37. The molecule has 0 saturated carbocycles. The van der Waals surface area contributed by atoms with Gasteiger partial charge in [0.1, 0.15) is 0 Å². The van der Waals surface area contributed by atoms with E-state index in [2.05, 4.69) is 0 Å². The lowest BCUT2D eigenvalue weighted by atomic mass is 9.79. The maximum Gasteiger partial charge on any atom is 0.336 e. The maximum absolute atomic E-state index is 13.0. The van der Waals surface area contributed by atoms with Gasteiger partial charge in [-0.1, -0.05) is 48.5 Å². The third-order valence-corrected chi connectivity index (χ3v) is 5.61. The van der Waals surface area contributed by atoms with Gasteiger partial charge in [0.2, 0.25) is 0 Å². The van der Waals surface area contributed by atoms with Crippen molar-refractivity contribution < 1.29 is 24.0 Å². The summed E-state index contributed by atoms with van der Waals surface area (Å²) in [7, 11) is 2.48. The fourth-order valence-electron chi connectivity index (χ4n) is 4.07. The first-order chi connectivity index (χ1) is 15.3. The first kappa shape index (κ1) is 22.7. The molecule has 166 valence electrons. The Balaban J connectivity index is 2.30. The molecule has 8 heteroatoms. The molecule has 8 nitrogen and oxygen atoms in total. The topological polar surface area (TPSA) is 99.0 Å². The summed E-state index contributed by atoms with van der Waals surface area (Å²) in [6.45, 7) is 3.88. The van der Waals surface area contributed by atoms with Gasteiger partial charge in [-0.15, -0.1) is 0 Å². The largest absolute Gasteiger partial charge is 0.466 e. The second kappa shape index (κ2) is 9.47. The van der Waals surface area contributed by atoms with Crippen molar-refractivity contribution in [1.29, 1.82) is 0 Å². The van der Waals surface area contributed by atoms with E-state index in [9.17, 15) is 19.7 Å². The van der Waals surface area contributed by atoms with Crippen LogP contribution in [0.3, 0.4) is 0 Å². The summed E-state index contributed by atoms with van der Waals surface area (Å²) in [5, 5.41) is 11.8. The molecule has 0 aromatic heterocycles. The number of esters is 2. The molecular formula is C24H24N2O6. The number of benzene rings is 2. The smallest absolute Gasteiger partial charge is 0.336 e. The Bertz CT molecular complexity index is 1080. The van der Waals surface area contributed by atoms with E-state index in [1.807, 2.05) is 35.2 Å². The number of hydrogen-bond acceptors (Lipinski definition) is 7. The van der Waals surface area contributed by atoms with Crippen LogP contribution >= 0.6 is 0 Å². The fraction of sp³-hybridized carbons (Fsp3) is 0.250. The number of carbonyl (C=O) groups excluding carboxylic acids is 2.